The van der Waals surface area contributed by atoms with E-state index in [1.54, 1.807) is 48.5 Å². The average molecular weight is 933 g/mol. The molecule has 0 aliphatic heterocycles. The second-order valence-corrected chi connectivity index (χ2v) is 19.4. The van der Waals surface area contributed by atoms with Crippen LogP contribution in [0.2, 0.25) is 0 Å². The van der Waals surface area contributed by atoms with Crippen molar-refractivity contribution in [3.63, 3.8) is 0 Å². The summed E-state index contributed by atoms with van der Waals surface area (Å²) in [6.07, 6.45) is 1.99. The number of aromatic hydroxyl groups is 1. The smallest absolute Gasteiger partial charge is 0.870 e. The molecule has 0 fully saturated rings. The third-order valence-corrected chi connectivity index (χ3v) is 10.4. The second-order valence-electron chi connectivity index (χ2n) is 19.4. The van der Waals surface area contributed by atoms with Gasteiger partial charge >= 0.3 is 35.7 Å². The predicted octanol–water partition coefficient (Wildman–Crippen LogP) is 6.21. The Hall–Kier alpha value is -5.81. The number of aromatic amines is 2. The number of para-hydroxylation sites is 2. The van der Waals surface area contributed by atoms with Crippen molar-refractivity contribution in [2.45, 2.75) is 105 Å². The molecule has 15 nitrogen and oxygen atoms in total. The molecule has 6 rings (SSSR count). The molecule has 0 radical (unpaired) electrons. The van der Waals surface area contributed by atoms with Gasteiger partial charge in [0.25, 0.3) is 11.8 Å². The van der Waals surface area contributed by atoms with Crippen LogP contribution in [0.25, 0.3) is 21.8 Å². The number of anilines is 2. The number of aliphatic hydroxyl groups excluding tert-OH is 1. The third-order valence-electron chi connectivity index (χ3n) is 10.4. The molecule has 0 atom stereocenters. The van der Waals surface area contributed by atoms with Gasteiger partial charge in [-0.2, -0.15) is 0 Å². The van der Waals surface area contributed by atoms with Gasteiger partial charge in [0, 0.05) is 70.4 Å². The number of benzene rings is 4. The molecule has 4 aromatic carbocycles. The first kappa shape index (κ1) is 59.2. The maximum atomic E-state index is 13.2. The molecule has 0 saturated heterocycles. The van der Waals surface area contributed by atoms with E-state index < -0.39 is 18.0 Å². The number of aromatic nitrogens is 2. The first-order valence-electron chi connectivity index (χ1n) is 20.8. The van der Waals surface area contributed by atoms with Crippen LogP contribution in [0.3, 0.4) is 0 Å². The second kappa shape index (κ2) is 23.3. The number of hydrogen-bond acceptors (Lipinski definition) is 10. The zero-order chi connectivity index (χ0) is 48.1. The molecule has 0 aliphatic carbocycles. The van der Waals surface area contributed by atoms with Crippen LogP contribution in [0.5, 0.6) is 11.5 Å². The van der Waals surface area contributed by atoms with Crippen molar-refractivity contribution in [3.8, 4) is 11.5 Å². The van der Waals surface area contributed by atoms with Gasteiger partial charge in [0.15, 0.2) is 0 Å². The summed E-state index contributed by atoms with van der Waals surface area (Å²) in [7, 11) is 2.23. The fourth-order valence-corrected chi connectivity index (χ4v) is 7.07. The first-order valence-corrected chi connectivity index (χ1v) is 20.8. The molecular weight excluding hydrogens is 868 g/mol. The van der Waals surface area contributed by atoms with Crippen LogP contribution in [0.1, 0.15) is 126 Å². The van der Waals surface area contributed by atoms with Crippen molar-refractivity contribution in [2.24, 2.45) is 0 Å². The van der Waals surface area contributed by atoms with Gasteiger partial charge in [-0.1, -0.05) is 107 Å². The number of pyridine rings is 2. The van der Waals surface area contributed by atoms with Gasteiger partial charge in [0.1, 0.15) is 22.6 Å². The number of carbonyl (C=O) groups is 3. The molecule has 16 heteroatoms. The summed E-state index contributed by atoms with van der Waals surface area (Å²) in [5, 5.41) is 24.2. The Balaban J connectivity index is 0.000000623. The number of amides is 2. The number of H-pyrrole nitrogens is 2. The summed E-state index contributed by atoms with van der Waals surface area (Å²) in [6.45, 7) is 24.3. The summed E-state index contributed by atoms with van der Waals surface area (Å²) in [5.74, 6) is -0.663. The summed E-state index contributed by atoms with van der Waals surface area (Å²) in [5.41, 5.74) is 3.73. The van der Waals surface area contributed by atoms with Gasteiger partial charge in [-0.05, 0) is 74.7 Å². The quantitative estimate of drug-likeness (QED) is 0.0647. The molecule has 356 valence electrons. The van der Waals surface area contributed by atoms with Crippen molar-refractivity contribution >= 4 is 51.2 Å². The number of aliphatic hydroxyl groups is 1. The molecule has 2 heterocycles. The average Bonchev–Trinajstić information content (AvgIpc) is 3.20. The Morgan fingerprint density at radius 3 is 1.30 bits per heavy atom. The van der Waals surface area contributed by atoms with Gasteiger partial charge in [0.05, 0.1) is 7.11 Å². The zero-order valence-corrected chi connectivity index (χ0v) is 43.3. The van der Waals surface area contributed by atoms with Crippen molar-refractivity contribution in [3.05, 3.63) is 139 Å². The number of rotatable bonds is 5. The van der Waals surface area contributed by atoms with E-state index in [-0.39, 0.29) is 95.7 Å². The number of phenolic OH excluding ortho intramolecular Hbond substituents is 1. The fraction of sp³-hybridized carbons (Fsp3) is 0.353. The number of methoxy groups -OCH3 is 1. The summed E-state index contributed by atoms with van der Waals surface area (Å²) < 4.78 is 10.1. The summed E-state index contributed by atoms with van der Waals surface area (Å²) in [6, 6.07) is 21.1. The Morgan fingerprint density at radius 2 is 0.925 bits per heavy atom. The fourth-order valence-electron chi connectivity index (χ4n) is 7.07. The van der Waals surface area contributed by atoms with Gasteiger partial charge < -0.3 is 51.2 Å². The van der Waals surface area contributed by atoms with E-state index in [4.69, 9.17) is 9.84 Å². The van der Waals surface area contributed by atoms with Gasteiger partial charge in [-0.15, -0.1) is 0 Å². The van der Waals surface area contributed by atoms with E-state index in [1.807, 2.05) is 107 Å². The molecule has 2 amide bonds. The third kappa shape index (κ3) is 14.1. The molecule has 9 N–H and O–H groups in total. The minimum Gasteiger partial charge on any atom is -0.870 e. The van der Waals surface area contributed by atoms with Crippen molar-refractivity contribution in [1.29, 1.82) is 0 Å². The van der Waals surface area contributed by atoms with Gasteiger partial charge in [0.2, 0.25) is 10.9 Å². The van der Waals surface area contributed by atoms with E-state index in [1.165, 1.54) is 19.5 Å². The molecular formula is C51H65N4NaO11. The molecule has 0 unspecified atom stereocenters. The minimum absolute atomic E-state index is 0. The maximum Gasteiger partial charge on any atom is 1.00 e. The number of phenols is 1. The van der Waals surface area contributed by atoms with Crippen molar-refractivity contribution in [1.82, 2.24) is 9.97 Å². The Bertz CT molecular complexity index is 2820. The predicted molar refractivity (Wildman–Crippen MR) is 261 cm³/mol. The molecule has 0 aliphatic rings. The number of nitrogens with one attached hydrogen (secondary N) is 4. The van der Waals surface area contributed by atoms with Crippen LogP contribution >= 0.6 is 0 Å². The summed E-state index contributed by atoms with van der Waals surface area (Å²) in [4.78, 5) is 69.7. The van der Waals surface area contributed by atoms with Crippen LogP contribution in [0, 0.1) is 0 Å². The van der Waals surface area contributed by atoms with Crippen LogP contribution in [0.15, 0.2) is 94.8 Å². The van der Waals surface area contributed by atoms with E-state index in [0.717, 1.165) is 29.4 Å². The molecule has 0 bridgehead atoms. The normalized spacial score (nSPS) is 11.2. The standard InChI is InChI=1S/C26H30N2O5.C24H28N2O3.CH4O.Na.2H2O/c1-25(2,3)17-12-18(26(4,5)6)21(33-24(31)32-7)13-20(17)28-23(30)16-14-27-19-11-9-8-10-15(19)22(16)29;1-23(2,3)16-11-17(24(4,5)6)20(27)12-19(16)26-22(29)15-13-25-18-10-8-7-9-14(18)21(15)28;1-2;;;/h8-14H,1-7H3,(H,27,29)(H,28,30);7-13,27H,1-6H3,(H,25,28)(H,26,29);2H,1H3;;2*1H2/q;;;+1;;/p-1. The first-order chi connectivity index (χ1) is 29.7. The number of carbonyl (C=O) groups excluding carboxylic acids is 3. The largest absolute Gasteiger partial charge is 1.00 e. The Morgan fingerprint density at radius 1 is 0.567 bits per heavy atom. The van der Waals surface area contributed by atoms with E-state index in [0.29, 0.717) is 33.2 Å². The molecule has 0 saturated carbocycles. The van der Waals surface area contributed by atoms with Gasteiger partial charge in [-0.3, -0.25) is 19.2 Å². The topological polar surface area (TPSA) is 261 Å². The van der Waals surface area contributed by atoms with Crippen molar-refractivity contribution < 1.29 is 74.6 Å². The monoisotopic (exact) mass is 932 g/mol. The van der Waals surface area contributed by atoms with E-state index in [2.05, 4.69) is 25.3 Å². The Labute approximate surface area is 413 Å². The maximum absolute atomic E-state index is 13.2. The number of fused-ring (bicyclic) bond motifs is 2. The van der Waals surface area contributed by atoms with Crippen LogP contribution < -0.4 is 55.8 Å². The van der Waals surface area contributed by atoms with E-state index in [9.17, 15) is 29.1 Å². The Kier molecular flexibility index (Phi) is 20.6. The van der Waals surface area contributed by atoms with Crippen molar-refractivity contribution in [2.75, 3.05) is 24.9 Å². The van der Waals surface area contributed by atoms with E-state index >= 15 is 0 Å². The zero-order valence-electron chi connectivity index (χ0n) is 41.3. The summed E-state index contributed by atoms with van der Waals surface area (Å²) >= 11 is 0. The molecule has 6 aromatic rings. The molecule has 0 spiro atoms. The molecule has 67 heavy (non-hydrogen) atoms. The number of ether oxygens (including phenoxy) is 2. The van der Waals surface area contributed by atoms with Gasteiger partial charge in [-0.25, -0.2) is 4.79 Å². The minimum atomic E-state index is -0.854. The van der Waals surface area contributed by atoms with Crippen LogP contribution in [-0.2, 0) is 26.4 Å². The van der Waals surface area contributed by atoms with Crippen LogP contribution in [-0.4, -0.2) is 63.3 Å². The van der Waals surface area contributed by atoms with Crippen LogP contribution in [0.4, 0.5) is 16.2 Å². The SMILES string of the molecule is CC(C)(C)c1cc(C(C)(C)C)c(NC(=O)c2c[nH]c3ccccc3c2=O)cc1O.CO.COC(=O)Oc1cc(NC(=O)c2c[nH]c3ccccc3c2=O)c(C(C)(C)C)cc1C(C)(C)C.O.[Na+].[OH-]. The molecule has 2 aromatic heterocycles. The number of hydrogen-bond donors (Lipinski definition) is 6.